The van der Waals surface area contributed by atoms with E-state index in [9.17, 15) is 4.79 Å². The Labute approximate surface area is 103 Å². The summed E-state index contributed by atoms with van der Waals surface area (Å²) < 4.78 is 14.2. The second-order valence-electron chi connectivity index (χ2n) is 3.87. The van der Waals surface area contributed by atoms with Gasteiger partial charge in [0, 0.05) is 13.1 Å². The SMILES string of the molecule is COC(=O)c1c(N)nsc1N1CCOC(C)C1. The fraction of sp³-hybridized carbons (Fsp3) is 0.600. The highest BCUT2D eigenvalue weighted by Crippen LogP contribution is 2.32. The fourth-order valence-electron chi connectivity index (χ4n) is 1.81. The van der Waals surface area contributed by atoms with Gasteiger partial charge < -0.3 is 20.1 Å². The van der Waals surface area contributed by atoms with E-state index in [1.165, 1.54) is 18.6 Å². The molecule has 2 N–H and O–H groups in total. The number of methoxy groups -OCH3 is 1. The number of esters is 1. The molecule has 2 rings (SSSR count). The molecule has 0 spiro atoms. The van der Waals surface area contributed by atoms with Gasteiger partial charge in [0.25, 0.3) is 0 Å². The number of morpholine rings is 1. The van der Waals surface area contributed by atoms with E-state index in [1.54, 1.807) is 0 Å². The van der Waals surface area contributed by atoms with Crippen LogP contribution in [0.5, 0.6) is 0 Å². The van der Waals surface area contributed by atoms with Crippen molar-refractivity contribution in [3.05, 3.63) is 5.56 Å². The lowest BCUT2D eigenvalue weighted by atomic mass is 10.2. The van der Waals surface area contributed by atoms with E-state index in [4.69, 9.17) is 15.2 Å². The summed E-state index contributed by atoms with van der Waals surface area (Å²) in [7, 11) is 1.34. The van der Waals surface area contributed by atoms with Crippen molar-refractivity contribution in [2.45, 2.75) is 13.0 Å². The first kappa shape index (κ1) is 12.1. The summed E-state index contributed by atoms with van der Waals surface area (Å²) in [6.45, 7) is 4.09. The topological polar surface area (TPSA) is 77.7 Å². The Bertz CT molecular complexity index is 421. The number of anilines is 2. The van der Waals surface area contributed by atoms with Crippen LogP contribution < -0.4 is 10.6 Å². The van der Waals surface area contributed by atoms with Gasteiger partial charge in [-0.1, -0.05) is 0 Å². The smallest absolute Gasteiger partial charge is 0.344 e. The Morgan fingerprint density at radius 3 is 3.12 bits per heavy atom. The van der Waals surface area contributed by atoms with Crippen LogP contribution in [-0.4, -0.2) is 43.3 Å². The molecule has 1 unspecified atom stereocenters. The molecule has 1 aliphatic rings. The van der Waals surface area contributed by atoms with E-state index >= 15 is 0 Å². The number of rotatable bonds is 2. The van der Waals surface area contributed by atoms with E-state index in [-0.39, 0.29) is 11.9 Å². The van der Waals surface area contributed by atoms with Gasteiger partial charge in [0.1, 0.15) is 10.6 Å². The first-order chi connectivity index (χ1) is 8.13. The minimum Gasteiger partial charge on any atom is -0.465 e. The van der Waals surface area contributed by atoms with Gasteiger partial charge in [-0.3, -0.25) is 0 Å². The summed E-state index contributed by atoms with van der Waals surface area (Å²) in [5.41, 5.74) is 6.07. The third-order valence-corrected chi connectivity index (χ3v) is 3.54. The molecular formula is C10H15N3O3S. The monoisotopic (exact) mass is 257 g/mol. The third-order valence-electron chi connectivity index (χ3n) is 2.62. The third kappa shape index (κ3) is 2.34. The zero-order valence-electron chi connectivity index (χ0n) is 9.80. The highest BCUT2D eigenvalue weighted by atomic mass is 32.1. The van der Waals surface area contributed by atoms with E-state index in [1.807, 2.05) is 6.92 Å². The molecule has 0 aliphatic carbocycles. The average molecular weight is 257 g/mol. The van der Waals surface area contributed by atoms with Gasteiger partial charge in [0.15, 0.2) is 5.82 Å². The standard InChI is InChI=1S/C10H15N3O3S/c1-6-5-13(3-4-16-6)9-7(10(14)15-2)8(11)12-17-9/h6H,3-5H2,1-2H3,(H2,11,12). The lowest BCUT2D eigenvalue weighted by Gasteiger charge is -2.31. The Morgan fingerprint density at radius 2 is 2.47 bits per heavy atom. The van der Waals surface area contributed by atoms with E-state index < -0.39 is 5.97 Å². The highest BCUT2D eigenvalue weighted by Gasteiger charge is 2.27. The second kappa shape index (κ2) is 4.89. The molecule has 0 bridgehead atoms. The number of aromatic nitrogens is 1. The molecule has 94 valence electrons. The van der Waals surface area contributed by atoms with Crippen LogP contribution in [0.15, 0.2) is 0 Å². The lowest BCUT2D eigenvalue weighted by Crippen LogP contribution is -2.41. The number of carbonyl (C=O) groups is 1. The van der Waals surface area contributed by atoms with Gasteiger partial charge in [-0.2, -0.15) is 4.37 Å². The Kier molecular flexibility index (Phi) is 3.49. The van der Waals surface area contributed by atoms with Crippen LogP contribution in [0.4, 0.5) is 10.8 Å². The van der Waals surface area contributed by atoms with Crippen molar-refractivity contribution >= 4 is 28.3 Å². The Morgan fingerprint density at radius 1 is 1.71 bits per heavy atom. The molecular weight excluding hydrogens is 242 g/mol. The maximum atomic E-state index is 11.6. The first-order valence-electron chi connectivity index (χ1n) is 5.33. The van der Waals surface area contributed by atoms with E-state index in [2.05, 4.69) is 9.27 Å². The predicted molar refractivity (Wildman–Crippen MR) is 65.5 cm³/mol. The number of nitrogens with two attached hydrogens (primary N) is 1. The van der Waals surface area contributed by atoms with Gasteiger partial charge in [0.2, 0.25) is 0 Å². The summed E-state index contributed by atoms with van der Waals surface area (Å²) in [6, 6.07) is 0. The molecule has 0 aromatic carbocycles. The quantitative estimate of drug-likeness (QED) is 0.787. The van der Waals surface area contributed by atoms with Crippen LogP contribution >= 0.6 is 11.5 Å². The summed E-state index contributed by atoms with van der Waals surface area (Å²) in [5.74, 6) is -0.207. The second-order valence-corrected chi connectivity index (χ2v) is 4.62. The molecule has 1 aromatic rings. The van der Waals surface area contributed by atoms with Crippen LogP contribution in [0.2, 0.25) is 0 Å². The molecule has 0 amide bonds. The summed E-state index contributed by atoms with van der Waals surface area (Å²) >= 11 is 1.22. The Balaban J connectivity index is 2.28. The average Bonchev–Trinajstić information content (AvgIpc) is 2.70. The highest BCUT2D eigenvalue weighted by molar-refractivity contribution is 7.11. The van der Waals surface area contributed by atoms with Crippen molar-refractivity contribution in [1.29, 1.82) is 0 Å². The van der Waals surface area contributed by atoms with Crippen LogP contribution in [-0.2, 0) is 9.47 Å². The zero-order valence-corrected chi connectivity index (χ0v) is 10.6. The molecule has 0 radical (unpaired) electrons. The minimum absolute atomic E-state index is 0.137. The van der Waals surface area contributed by atoms with Gasteiger partial charge in [-0.05, 0) is 18.5 Å². The van der Waals surface area contributed by atoms with Crippen LogP contribution in [0.1, 0.15) is 17.3 Å². The van der Waals surface area contributed by atoms with E-state index in [0.29, 0.717) is 12.2 Å². The number of hydrogen-bond acceptors (Lipinski definition) is 7. The minimum atomic E-state index is -0.439. The van der Waals surface area contributed by atoms with Crippen molar-refractivity contribution < 1.29 is 14.3 Å². The van der Waals surface area contributed by atoms with Crippen LogP contribution in [0.3, 0.4) is 0 Å². The number of carbonyl (C=O) groups excluding carboxylic acids is 1. The molecule has 6 nitrogen and oxygen atoms in total. The molecule has 17 heavy (non-hydrogen) atoms. The fourth-order valence-corrected chi connectivity index (χ4v) is 2.64. The normalized spacial score (nSPS) is 20.4. The van der Waals surface area contributed by atoms with Gasteiger partial charge in [-0.25, -0.2) is 4.79 Å². The van der Waals surface area contributed by atoms with Crippen LogP contribution in [0.25, 0.3) is 0 Å². The molecule has 1 saturated heterocycles. The molecule has 7 heteroatoms. The van der Waals surface area contributed by atoms with Gasteiger partial charge in [0.05, 0.1) is 19.8 Å². The van der Waals surface area contributed by atoms with Crippen molar-refractivity contribution in [2.75, 3.05) is 37.4 Å². The van der Waals surface area contributed by atoms with Crippen molar-refractivity contribution in [3.8, 4) is 0 Å². The number of nitrogen functional groups attached to an aromatic ring is 1. The van der Waals surface area contributed by atoms with E-state index in [0.717, 1.165) is 18.1 Å². The van der Waals surface area contributed by atoms with Crippen LogP contribution in [0, 0.1) is 0 Å². The van der Waals surface area contributed by atoms with Crippen molar-refractivity contribution in [2.24, 2.45) is 0 Å². The molecule has 0 saturated carbocycles. The summed E-state index contributed by atoms with van der Waals surface area (Å²) in [4.78, 5) is 13.7. The first-order valence-corrected chi connectivity index (χ1v) is 6.10. The molecule has 1 aliphatic heterocycles. The molecule has 1 aromatic heterocycles. The molecule has 1 atom stereocenters. The summed E-state index contributed by atoms with van der Waals surface area (Å²) in [6.07, 6.45) is 0.137. The largest absolute Gasteiger partial charge is 0.465 e. The summed E-state index contributed by atoms with van der Waals surface area (Å²) in [5, 5.41) is 0.768. The number of hydrogen-bond donors (Lipinski definition) is 1. The molecule has 1 fully saturated rings. The maximum Gasteiger partial charge on any atom is 0.344 e. The maximum absolute atomic E-state index is 11.6. The number of nitrogens with zero attached hydrogens (tertiary/aromatic N) is 2. The predicted octanol–water partition coefficient (Wildman–Crippen LogP) is 0.737. The Hall–Kier alpha value is -1.34. The van der Waals surface area contributed by atoms with Gasteiger partial charge in [-0.15, -0.1) is 0 Å². The van der Waals surface area contributed by atoms with Crippen molar-refractivity contribution in [1.82, 2.24) is 4.37 Å². The van der Waals surface area contributed by atoms with Crippen molar-refractivity contribution in [3.63, 3.8) is 0 Å². The number of ether oxygens (including phenoxy) is 2. The molecule has 2 heterocycles. The van der Waals surface area contributed by atoms with Gasteiger partial charge >= 0.3 is 5.97 Å². The lowest BCUT2D eigenvalue weighted by molar-refractivity contribution is 0.0525. The zero-order chi connectivity index (χ0) is 12.4.